The molecule has 2 aromatic rings. The van der Waals surface area contributed by atoms with Gasteiger partial charge >= 0.3 is 11.9 Å². The summed E-state index contributed by atoms with van der Waals surface area (Å²) in [5.74, 6) is -1.53. The second-order valence-electron chi connectivity index (χ2n) is 4.35. The molecule has 0 unspecified atom stereocenters. The standard InChI is InChI=1S/C13H9NO6/c1-5(2)12(16)18-4-8(15)14-9-7-3-6-10(19-7)11(9)20-13(6)17/h3H,1,4H2,2H3,(H,14,15). The van der Waals surface area contributed by atoms with Crippen LogP contribution >= 0.6 is 0 Å². The Hall–Kier alpha value is -2.83. The highest BCUT2D eigenvalue weighted by Crippen LogP contribution is 2.47. The molecule has 2 bridgehead atoms. The van der Waals surface area contributed by atoms with Crippen LogP contribution < -0.4 is 10.1 Å². The van der Waals surface area contributed by atoms with Crippen molar-refractivity contribution >= 4 is 34.7 Å². The van der Waals surface area contributed by atoms with Crippen molar-refractivity contribution in [3.8, 4) is 5.75 Å². The molecule has 7 heteroatoms. The summed E-state index contributed by atoms with van der Waals surface area (Å²) in [5.41, 5.74) is 1.48. The van der Waals surface area contributed by atoms with Crippen molar-refractivity contribution < 1.29 is 28.3 Å². The molecular weight excluding hydrogens is 266 g/mol. The number of esters is 2. The summed E-state index contributed by atoms with van der Waals surface area (Å²) in [4.78, 5) is 34.2. The fourth-order valence-electron chi connectivity index (χ4n) is 1.85. The van der Waals surface area contributed by atoms with Gasteiger partial charge in [0.2, 0.25) is 5.75 Å². The minimum absolute atomic E-state index is 0.196. The molecule has 0 saturated heterocycles. The number of hydrogen-bond acceptors (Lipinski definition) is 6. The van der Waals surface area contributed by atoms with Gasteiger partial charge in [-0.25, -0.2) is 9.59 Å². The third kappa shape index (κ3) is 1.71. The third-order valence-electron chi connectivity index (χ3n) is 2.77. The highest BCUT2D eigenvalue weighted by atomic mass is 16.6. The van der Waals surface area contributed by atoms with Gasteiger partial charge in [0.15, 0.2) is 17.8 Å². The molecule has 20 heavy (non-hydrogen) atoms. The molecule has 3 heterocycles. The maximum atomic E-state index is 11.7. The number of fused-ring (bicyclic) bond motifs is 1. The maximum absolute atomic E-state index is 11.7. The van der Waals surface area contributed by atoms with E-state index in [4.69, 9.17) is 13.9 Å². The lowest BCUT2D eigenvalue weighted by Gasteiger charge is -2.05. The number of carbonyl (C=O) groups excluding carboxylic acids is 3. The highest BCUT2D eigenvalue weighted by Gasteiger charge is 2.35. The normalized spacial score (nSPS) is 12.6. The van der Waals surface area contributed by atoms with Crippen LogP contribution in [0.4, 0.5) is 5.69 Å². The number of rotatable bonds is 4. The SMILES string of the molecule is C=C(C)C(=O)OCC(=O)Nc1c2c3oc1cc3C(=O)O2. The Kier molecular flexibility index (Phi) is 2.50. The highest BCUT2D eigenvalue weighted by molar-refractivity contribution is 6.14. The number of benzene rings is 1. The Balaban J connectivity index is 1.70. The van der Waals surface area contributed by atoms with E-state index in [9.17, 15) is 14.4 Å². The zero-order valence-electron chi connectivity index (χ0n) is 10.4. The summed E-state index contributed by atoms with van der Waals surface area (Å²) in [6.07, 6.45) is 0. The van der Waals surface area contributed by atoms with Crippen LogP contribution in [0.3, 0.4) is 0 Å². The molecule has 0 saturated carbocycles. The predicted molar refractivity (Wildman–Crippen MR) is 66.8 cm³/mol. The number of ether oxygens (including phenoxy) is 2. The van der Waals surface area contributed by atoms with Crippen LogP contribution in [0.2, 0.25) is 0 Å². The Morgan fingerprint density at radius 3 is 2.90 bits per heavy atom. The van der Waals surface area contributed by atoms with E-state index in [1.165, 1.54) is 13.0 Å². The van der Waals surface area contributed by atoms with Crippen LogP contribution in [-0.4, -0.2) is 24.5 Å². The molecule has 0 radical (unpaired) electrons. The molecule has 102 valence electrons. The number of carbonyl (C=O) groups is 3. The van der Waals surface area contributed by atoms with Crippen LogP contribution in [0.15, 0.2) is 22.6 Å². The molecule has 0 atom stereocenters. The van der Waals surface area contributed by atoms with Gasteiger partial charge in [-0.05, 0) is 6.92 Å². The zero-order valence-corrected chi connectivity index (χ0v) is 10.4. The molecule has 0 aromatic carbocycles. The molecule has 0 fully saturated rings. The Bertz CT molecular complexity index is 756. The van der Waals surface area contributed by atoms with Gasteiger partial charge < -0.3 is 19.2 Å². The van der Waals surface area contributed by atoms with Crippen molar-refractivity contribution in [2.24, 2.45) is 0 Å². The van der Waals surface area contributed by atoms with Crippen LogP contribution in [0.5, 0.6) is 5.75 Å². The molecule has 2 aromatic heterocycles. The van der Waals surface area contributed by atoms with Crippen molar-refractivity contribution in [3.05, 3.63) is 23.8 Å². The lowest BCUT2D eigenvalue weighted by atomic mass is 10.2. The average Bonchev–Trinajstić information content (AvgIpc) is 3.00. The van der Waals surface area contributed by atoms with E-state index in [1.807, 2.05) is 0 Å². The van der Waals surface area contributed by atoms with E-state index in [0.717, 1.165) is 0 Å². The van der Waals surface area contributed by atoms with E-state index in [0.29, 0.717) is 16.7 Å². The summed E-state index contributed by atoms with van der Waals surface area (Å²) in [7, 11) is 0. The fourth-order valence-corrected chi connectivity index (χ4v) is 1.85. The van der Waals surface area contributed by atoms with Gasteiger partial charge in [0.1, 0.15) is 11.3 Å². The fraction of sp³-hybridized carbons (Fsp3) is 0.154. The van der Waals surface area contributed by atoms with E-state index in [-0.39, 0.29) is 17.0 Å². The minimum atomic E-state index is -0.654. The summed E-state index contributed by atoms with van der Waals surface area (Å²) in [6, 6.07) is 1.49. The number of amides is 1. The number of furan rings is 2. The van der Waals surface area contributed by atoms with Gasteiger partial charge in [-0.15, -0.1) is 0 Å². The number of nitrogens with one attached hydrogen (secondary N) is 1. The van der Waals surface area contributed by atoms with Gasteiger partial charge in [0.25, 0.3) is 5.91 Å². The molecule has 0 spiro atoms. The molecule has 0 aliphatic carbocycles. The Labute approximate surface area is 112 Å². The monoisotopic (exact) mass is 275 g/mol. The van der Waals surface area contributed by atoms with Crippen molar-refractivity contribution in [3.63, 3.8) is 0 Å². The molecule has 1 aliphatic heterocycles. The molecule has 3 rings (SSSR count). The van der Waals surface area contributed by atoms with Gasteiger partial charge in [-0.2, -0.15) is 0 Å². The van der Waals surface area contributed by atoms with Gasteiger partial charge in [0, 0.05) is 11.6 Å². The lowest BCUT2D eigenvalue weighted by Crippen LogP contribution is -2.21. The summed E-state index contributed by atoms with van der Waals surface area (Å²) < 4.78 is 15.0. The third-order valence-corrected chi connectivity index (χ3v) is 2.77. The lowest BCUT2D eigenvalue weighted by molar-refractivity contribution is -0.143. The number of anilines is 1. The second-order valence-corrected chi connectivity index (χ2v) is 4.35. The number of hydrogen-bond donors (Lipinski definition) is 1. The summed E-state index contributed by atoms with van der Waals surface area (Å²) >= 11 is 0. The zero-order chi connectivity index (χ0) is 14.4. The first-order chi connectivity index (χ1) is 9.47. The van der Waals surface area contributed by atoms with Crippen LogP contribution in [0, 0.1) is 0 Å². The predicted octanol–water partition coefficient (Wildman–Crippen LogP) is 1.46. The molecule has 1 amide bonds. The Morgan fingerprint density at radius 2 is 2.20 bits per heavy atom. The molecule has 7 nitrogen and oxygen atoms in total. The first-order valence-electron chi connectivity index (χ1n) is 5.71. The van der Waals surface area contributed by atoms with E-state index in [1.54, 1.807) is 0 Å². The van der Waals surface area contributed by atoms with E-state index < -0.39 is 24.5 Å². The second kappa shape index (κ2) is 4.09. The minimum Gasteiger partial charge on any atom is -0.452 e. The van der Waals surface area contributed by atoms with Crippen molar-refractivity contribution in [1.29, 1.82) is 0 Å². The molecular formula is C13H9NO6. The summed E-state index contributed by atoms with van der Waals surface area (Å²) in [6.45, 7) is 4.41. The average molecular weight is 275 g/mol. The van der Waals surface area contributed by atoms with Crippen LogP contribution in [-0.2, 0) is 14.3 Å². The molecule has 1 aliphatic rings. The first-order valence-corrected chi connectivity index (χ1v) is 5.71. The maximum Gasteiger partial charge on any atom is 0.347 e. The largest absolute Gasteiger partial charge is 0.452 e. The van der Waals surface area contributed by atoms with Crippen molar-refractivity contribution in [1.82, 2.24) is 0 Å². The van der Waals surface area contributed by atoms with E-state index >= 15 is 0 Å². The van der Waals surface area contributed by atoms with E-state index in [2.05, 4.69) is 11.9 Å². The smallest absolute Gasteiger partial charge is 0.347 e. The topological polar surface area (TPSA) is 94.8 Å². The first kappa shape index (κ1) is 12.2. The summed E-state index contributed by atoms with van der Waals surface area (Å²) in [5, 5.41) is 2.48. The van der Waals surface area contributed by atoms with Crippen LogP contribution in [0.25, 0.3) is 11.2 Å². The van der Waals surface area contributed by atoms with Gasteiger partial charge in [-0.1, -0.05) is 6.58 Å². The quantitative estimate of drug-likeness (QED) is 0.670. The molecule has 1 N–H and O–H groups in total. The van der Waals surface area contributed by atoms with Gasteiger partial charge in [-0.3, -0.25) is 4.79 Å². The van der Waals surface area contributed by atoms with Gasteiger partial charge in [0.05, 0.1) is 0 Å². The Morgan fingerprint density at radius 1 is 1.45 bits per heavy atom. The van der Waals surface area contributed by atoms with Crippen molar-refractivity contribution in [2.45, 2.75) is 6.92 Å². The van der Waals surface area contributed by atoms with Crippen LogP contribution in [0.1, 0.15) is 17.3 Å². The van der Waals surface area contributed by atoms with Crippen molar-refractivity contribution in [2.75, 3.05) is 11.9 Å².